The molecule has 0 aromatic heterocycles. The van der Waals surface area contributed by atoms with Crippen LogP contribution in [0, 0.1) is 13.8 Å². The smallest absolute Gasteiger partial charge is 0.344 e. The first-order valence-corrected chi connectivity index (χ1v) is 9.18. The third-order valence-electron chi connectivity index (χ3n) is 4.65. The Labute approximate surface area is 159 Å². The van der Waals surface area contributed by atoms with Gasteiger partial charge in [0.1, 0.15) is 5.75 Å². The number of benzene rings is 2. The van der Waals surface area contributed by atoms with E-state index in [-0.39, 0.29) is 12.5 Å². The molecule has 1 aliphatic heterocycles. The molecule has 5 heteroatoms. The van der Waals surface area contributed by atoms with Crippen LogP contribution in [0.2, 0.25) is 0 Å². The Bertz CT molecular complexity index is 826. The summed E-state index contributed by atoms with van der Waals surface area (Å²) < 4.78 is 10.8. The number of amides is 1. The van der Waals surface area contributed by atoms with Crippen LogP contribution in [0.1, 0.15) is 29.2 Å². The summed E-state index contributed by atoms with van der Waals surface area (Å²) in [5.41, 5.74) is 4.54. The minimum absolute atomic E-state index is 0.177. The second-order valence-electron chi connectivity index (χ2n) is 7.02. The van der Waals surface area contributed by atoms with Gasteiger partial charge >= 0.3 is 5.97 Å². The number of esters is 1. The molecule has 0 saturated carbocycles. The Morgan fingerprint density at radius 2 is 1.74 bits per heavy atom. The zero-order valence-electron chi connectivity index (χ0n) is 16.0. The standard InChI is InChI=1S/C22H25NO4/c1-15-10-16(2)12-20(11-15)26-14-21(24)27-17(3)22(25)23-9-8-18-6-4-5-7-19(18)13-23/h4-7,10-12,17H,8-9,13-14H2,1-3H3/t17-/m1/s1. The molecule has 1 atom stereocenters. The van der Waals surface area contributed by atoms with Crippen molar-refractivity contribution in [3.63, 3.8) is 0 Å². The average molecular weight is 367 g/mol. The Morgan fingerprint density at radius 3 is 2.44 bits per heavy atom. The highest BCUT2D eigenvalue weighted by atomic mass is 16.6. The number of rotatable bonds is 5. The van der Waals surface area contributed by atoms with E-state index in [1.807, 2.05) is 50.2 Å². The molecule has 27 heavy (non-hydrogen) atoms. The van der Waals surface area contributed by atoms with Crippen LogP contribution in [0.15, 0.2) is 42.5 Å². The Morgan fingerprint density at radius 1 is 1.07 bits per heavy atom. The summed E-state index contributed by atoms with van der Waals surface area (Å²) in [6.45, 7) is 6.51. The fourth-order valence-corrected chi connectivity index (χ4v) is 3.38. The van der Waals surface area contributed by atoms with E-state index in [0.717, 1.165) is 23.1 Å². The van der Waals surface area contributed by atoms with Crippen LogP contribution in [-0.2, 0) is 27.3 Å². The predicted molar refractivity (Wildman–Crippen MR) is 103 cm³/mol. The van der Waals surface area contributed by atoms with E-state index in [4.69, 9.17) is 9.47 Å². The van der Waals surface area contributed by atoms with Crippen molar-refractivity contribution >= 4 is 11.9 Å². The lowest BCUT2D eigenvalue weighted by Crippen LogP contribution is -2.43. The highest BCUT2D eigenvalue weighted by molar-refractivity contribution is 5.84. The van der Waals surface area contributed by atoms with E-state index in [9.17, 15) is 9.59 Å². The van der Waals surface area contributed by atoms with E-state index in [2.05, 4.69) is 6.07 Å². The highest BCUT2D eigenvalue weighted by Gasteiger charge is 2.27. The van der Waals surface area contributed by atoms with Gasteiger partial charge in [-0.25, -0.2) is 4.79 Å². The normalized spacial score (nSPS) is 14.3. The van der Waals surface area contributed by atoms with E-state index < -0.39 is 12.1 Å². The summed E-state index contributed by atoms with van der Waals surface area (Å²) in [6.07, 6.45) is -0.0103. The number of aryl methyl sites for hydroxylation is 2. The van der Waals surface area contributed by atoms with Crippen molar-refractivity contribution in [2.75, 3.05) is 13.2 Å². The van der Waals surface area contributed by atoms with Gasteiger partial charge in [0.05, 0.1) is 0 Å². The molecule has 142 valence electrons. The molecule has 0 aliphatic carbocycles. The lowest BCUT2D eigenvalue weighted by Gasteiger charge is -2.30. The second kappa shape index (κ2) is 8.25. The molecule has 0 saturated heterocycles. The zero-order valence-corrected chi connectivity index (χ0v) is 16.0. The number of nitrogens with zero attached hydrogens (tertiary/aromatic N) is 1. The van der Waals surface area contributed by atoms with Crippen LogP contribution >= 0.6 is 0 Å². The van der Waals surface area contributed by atoms with Crippen LogP contribution in [0.4, 0.5) is 0 Å². The molecular weight excluding hydrogens is 342 g/mol. The first-order valence-electron chi connectivity index (χ1n) is 9.18. The molecule has 0 fully saturated rings. The van der Waals surface area contributed by atoms with Gasteiger partial charge in [-0.2, -0.15) is 0 Å². The fourth-order valence-electron chi connectivity index (χ4n) is 3.38. The van der Waals surface area contributed by atoms with Gasteiger partial charge in [0, 0.05) is 13.1 Å². The molecule has 5 nitrogen and oxygen atoms in total. The van der Waals surface area contributed by atoms with Gasteiger partial charge in [-0.15, -0.1) is 0 Å². The fraction of sp³-hybridized carbons (Fsp3) is 0.364. The van der Waals surface area contributed by atoms with Crippen LogP contribution < -0.4 is 4.74 Å². The molecular formula is C22H25NO4. The third kappa shape index (κ3) is 4.88. The molecule has 3 rings (SSSR count). The van der Waals surface area contributed by atoms with E-state index in [1.54, 1.807) is 11.8 Å². The maximum absolute atomic E-state index is 12.6. The van der Waals surface area contributed by atoms with Crippen LogP contribution in [0.25, 0.3) is 0 Å². The average Bonchev–Trinajstić information content (AvgIpc) is 2.64. The number of ether oxygens (including phenoxy) is 2. The van der Waals surface area contributed by atoms with E-state index in [1.165, 1.54) is 5.56 Å². The maximum Gasteiger partial charge on any atom is 0.344 e. The third-order valence-corrected chi connectivity index (χ3v) is 4.65. The molecule has 2 aromatic carbocycles. The summed E-state index contributed by atoms with van der Waals surface area (Å²) in [6, 6.07) is 13.9. The number of hydrogen-bond donors (Lipinski definition) is 0. The first kappa shape index (κ1) is 19.0. The summed E-state index contributed by atoms with van der Waals surface area (Å²) in [5.74, 6) is -0.104. The minimum Gasteiger partial charge on any atom is -0.482 e. The van der Waals surface area contributed by atoms with Crippen molar-refractivity contribution in [2.24, 2.45) is 0 Å². The Hall–Kier alpha value is -2.82. The van der Waals surface area contributed by atoms with Crippen molar-refractivity contribution < 1.29 is 19.1 Å². The van der Waals surface area contributed by atoms with Crippen LogP contribution in [-0.4, -0.2) is 36.0 Å². The maximum atomic E-state index is 12.6. The molecule has 0 bridgehead atoms. The number of carbonyl (C=O) groups is 2. The SMILES string of the molecule is Cc1cc(C)cc(OCC(=O)O[C@H](C)C(=O)N2CCc3ccccc3C2)c1. The molecule has 1 aliphatic rings. The van der Waals surface area contributed by atoms with Crippen molar-refractivity contribution in [1.29, 1.82) is 0 Å². The molecule has 2 aromatic rings. The minimum atomic E-state index is -0.828. The van der Waals surface area contributed by atoms with Gasteiger partial charge in [0.2, 0.25) is 0 Å². The van der Waals surface area contributed by atoms with Gasteiger partial charge in [-0.3, -0.25) is 4.79 Å². The van der Waals surface area contributed by atoms with E-state index >= 15 is 0 Å². The molecule has 0 N–H and O–H groups in total. The molecule has 0 radical (unpaired) electrons. The van der Waals surface area contributed by atoms with Gasteiger partial charge in [0.15, 0.2) is 12.7 Å². The first-order chi connectivity index (χ1) is 12.9. The topological polar surface area (TPSA) is 55.8 Å². The second-order valence-corrected chi connectivity index (χ2v) is 7.02. The van der Waals surface area contributed by atoms with Crippen LogP contribution in [0.3, 0.4) is 0 Å². The van der Waals surface area contributed by atoms with Crippen molar-refractivity contribution in [1.82, 2.24) is 4.90 Å². The van der Waals surface area contributed by atoms with Crippen molar-refractivity contribution in [2.45, 2.75) is 39.8 Å². The van der Waals surface area contributed by atoms with Crippen molar-refractivity contribution in [3.05, 3.63) is 64.7 Å². The lowest BCUT2D eigenvalue weighted by atomic mass is 9.99. The Balaban J connectivity index is 1.51. The van der Waals surface area contributed by atoms with Gasteiger partial charge in [0.25, 0.3) is 5.91 Å². The molecule has 1 amide bonds. The number of fused-ring (bicyclic) bond motifs is 1. The van der Waals surface area contributed by atoms with E-state index in [0.29, 0.717) is 18.8 Å². The highest BCUT2D eigenvalue weighted by Crippen LogP contribution is 2.20. The molecule has 1 heterocycles. The number of carbonyl (C=O) groups excluding carboxylic acids is 2. The quantitative estimate of drug-likeness (QED) is 0.762. The van der Waals surface area contributed by atoms with Gasteiger partial charge in [-0.1, -0.05) is 30.3 Å². The molecule has 0 spiro atoms. The lowest BCUT2D eigenvalue weighted by molar-refractivity contribution is -0.161. The summed E-state index contributed by atoms with van der Waals surface area (Å²) >= 11 is 0. The van der Waals surface area contributed by atoms with Crippen LogP contribution in [0.5, 0.6) is 5.75 Å². The Kier molecular flexibility index (Phi) is 5.79. The predicted octanol–water partition coefficient (Wildman–Crippen LogP) is 3.20. The largest absolute Gasteiger partial charge is 0.482 e. The van der Waals surface area contributed by atoms with Gasteiger partial charge < -0.3 is 14.4 Å². The molecule has 0 unspecified atom stereocenters. The zero-order chi connectivity index (χ0) is 19.4. The summed E-state index contributed by atoms with van der Waals surface area (Å²) in [7, 11) is 0. The van der Waals surface area contributed by atoms with Crippen molar-refractivity contribution in [3.8, 4) is 5.75 Å². The summed E-state index contributed by atoms with van der Waals surface area (Å²) in [5, 5.41) is 0. The van der Waals surface area contributed by atoms with Gasteiger partial charge in [-0.05, 0) is 61.6 Å². The number of hydrogen-bond acceptors (Lipinski definition) is 4. The monoisotopic (exact) mass is 367 g/mol. The summed E-state index contributed by atoms with van der Waals surface area (Å²) in [4.78, 5) is 26.4.